The Morgan fingerprint density at radius 2 is 1.00 bits per heavy atom. The van der Waals surface area contributed by atoms with Crippen molar-refractivity contribution >= 4 is 13.8 Å². The van der Waals surface area contributed by atoms with Crippen molar-refractivity contribution in [1.29, 1.82) is 0 Å². The van der Waals surface area contributed by atoms with E-state index in [4.69, 9.17) is 18.5 Å². The zero-order valence-electron chi connectivity index (χ0n) is 35.5. The quantitative estimate of drug-likeness (QED) is 0.0165. The maximum Gasteiger partial charge on any atom is 0.472 e. The van der Waals surface area contributed by atoms with Gasteiger partial charge in [0, 0.05) is 6.42 Å². The van der Waals surface area contributed by atoms with Crippen molar-refractivity contribution in [2.45, 2.75) is 206 Å². The molecule has 0 aromatic carbocycles. The van der Waals surface area contributed by atoms with Crippen LogP contribution in [0, 0.1) is 0 Å². The largest absolute Gasteiger partial charge is 0.498 e. The number of ether oxygens (including phenoxy) is 2. The summed E-state index contributed by atoms with van der Waals surface area (Å²) in [6, 6.07) is 0. The highest BCUT2D eigenvalue weighted by molar-refractivity contribution is 7.47. The van der Waals surface area contributed by atoms with Crippen LogP contribution in [-0.4, -0.2) is 69.0 Å². The Bertz CT molecular complexity index is 905. The maximum absolute atomic E-state index is 12.7. The average molecular weight is 773 g/mol. The molecule has 0 aliphatic carbocycles. The lowest BCUT2D eigenvalue weighted by molar-refractivity contribution is -0.870. The van der Waals surface area contributed by atoms with Gasteiger partial charge in [-0.05, 0) is 51.0 Å². The van der Waals surface area contributed by atoms with Gasteiger partial charge in [-0.3, -0.25) is 13.8 Å². The molecule has 0 radical (unpaired) electrons. The number of phosphoric acid groups is 1. The first-order valence-electron chi connectivity index (χ1n) is 22.1. The van der Waals surface area contributed by atoms with Gasteiger partial charge in [-0.25, -0.2) is 4.57 Å². The van der Waals surface area contributed by atoms with Gasteiger partial charge < -0.3 is 18.9 Å². The number of nitrogens with zero attached hydrogens (tertiary/aromatic N) is 1. The van der Waals surface area contributed by atoms with E-state index in [0.29, 0.717) is 17.4 Å². The van der Waals surface area contributed by atoms with E-state index in [-0.39, 0.29) is 25.8 Å². The SMILES string of the molecule is CCCCCCCC/C=C/CCCCCCCC(=O)O[C@H](CO/C=C/CCCCCCCCCCCCCCCC)COP(=O)(O)OCC[N+](C)(C)C. The number of unbranched alkanes of at least 4 members (excludes halogenated alkanes) is 25. The lowest BCUT2D eigenvalue weighted by atomic mass is 10.0. The Morgan fingerprint density at radius 3 is 1.45 bits per heavy atom. The highest BCUT2D eigenvalue weighted by Crippen LogP contribution is 2.43. The fraction of sp³-hybridized carbons (Fsp3) is 0.886. The molecule has 2 atom stereocenters. The molecule has 0 aromatic heterocycles. The van der Waals surface area contributed by atoms with Crippen molar-refractivity contribution in [3.8, 4) is 0 Å². The molecule has 314 valence electrons. The molecule has 1 unspecified atom stereocenters. The lowest BCUT2D eigenvalue weighted by Crippen LogP contribution is -2.37. The second-order valence-electron chi connectivity index (χ2n) is 16.1. The standard InChI is InChI=1S/C44H86NO7P/c1-6-8-10-12-14-16-18-20-22-24-26-28-30-32-34-36-39-49-41-43(42-51-53(47,48)50-40-38-45(3,4)5)52-44(46)37-35-33-31-29-27-25-23-21-19-17-15-13-11-9-7-2/h21,23,36,39,43H,6-20,22,24-35,37-38,40-42H2,1-5H3/p+1/b23-21+,39-36+/t43-/m1/s1. The van der Waals surface area contributed by atoms with Gasteiger partial charge in [-0.1, -0.05) is 161 Å². The third-order valence-corrected chi connectivity index (χ3v) is 10.6. The van der Waals surface area contributed by atoms with Gasteiger partial charge >= 0.3 is 13.8 Å². The number of likely N-dealkylation sites (N-methyl/N-ethyl adjacent to an activating group) is 1. The molecule has 0 saturated heterocycles. The predicted octanol–water partition coefficient (Wildman–Crippen LogP) is 13.2. The van der Waals surface area contributed by atoms with E-state index in [9.17, 15) is 14.3 Å². The summed E-state index contributed by atoms with van der Waals surface area (Å²) in [5.41, 5.74) is 0. The van der Waals surface area contributed by atoms with Crippen LogP contribution in [0.3, 0.4) is 0 Å². The van der Waals surface area contributed by atoms with Gasteiger partial charge in [0.15, 0.2) is 6.10 Å². The predicted molar refractivity (Wildman–Crippen MR) is 224 cm³/mol. The molecule has 0 aliphatic heterocycles. The molecule has 0 amide bonds. The molecule has 0 rings (SSSR count). The number of allylic oxidation sites excluding steroid dienone is 3. The van der Waals surface area contributed by atoms with Crippen LogP contribution in [0.15, 0.2) is 24.5 Å². The lowest BCUT2D eigenvalue weighted by Gasteiger charge is -2.24. The van der Waals surface area contributed by atoms with Crippen LogP contribution in [-0.2, 0) is 27.9 Å². The summed E-state index contributed by atoms with van der Waals surface area (Å²) in [5, 5.41) is 0. The minimum atomic E-state index is -4.29. The molecule has 0 fully saturated rings. The maximum atomic E-state index is 12.7. The van der Waals surface area contributed by atoms with Gasteiger partial charge in [-0.15, -0.1) is 0 Å². The van der Waals surface area contributed by atoms with Crippen molar-refractivity contribution in [3.63, 3.8) is 0 Å². The summed E-state index contributed by atoms with van der Waals surface area (Å²) in [4.78, 5) is 22.8. The first-order chi connectivity index (χ1) is 25.6. The van der Waals surface area contributed by atoms with Crippen LogP contribution in [0.25, 0.3) is 0 Å². The van der Waals surface area contributed by atoms with E-state index in [1.54, 1.807) is 6.26 Å². The number of quaternary nitrogens is 1. The Hall–Kier alpha value is -1.18. The van der Waals surface area contributed by atoms with E-state index < -0.39 is 13.9 Å². The fourth-order valence-corrected chi connectivity index (χ4v) is 6.84. The second-order valence-corrected chi connectivity index (χ2v) is 17.6. The summed E-state index contributed by atoms with van der Waals surface area (Å²) in [5.74, 6) is -0.343. The molecule has 1 N–H and O–H groups in total. The number of hydrogen-bond donors (Lipinski definition) is 1. The summed E-state index contributed by atoms with van der Waals surface area (Å²) in [7, 11) is 1.64. The van der Waals surface area contributed by atoms with Gasteiger partial charge in [0.05, 0.1) is 34.0 Å². The number of carbonyl (C=O) groups is 1. The van der Waals surface area contributed by atoms with Crippen LogP contribution in [0.1, 0.15) is 200 Å². The van der Waals surface area contributed by atoms with Gasteiger partial charge in [-0.2, -0.15) is 0 Å². The zero-order chi connectivity index (χ0) is 39.1. The average Bonchev–Trinajstić information content (AvgIpc) is 3.11. The summed E-state index contributed by atoms with van der Waals surface area (Å²) in [6.07, 6.45) is 43.0. The van der Waals surface area contributed by atoms with Gasteiger partial charge in [0.1, 0.15) is 19.8 Å². The first-order valence-corrected chi connectivity index (χ1v) is 23.6. The summed E-state index contributed by atoms with van der Waals surface area (Å²) < 4.78 is 34.7. The van der Waals surface area contributed by atoms with E-state index in [1.165, 1.54) is 135 Å². The minimum Gasteiger partial charge on any atom is -0.498 e. The number of rotatable bonds is 41. The van der Waals surface area contributed by atoms with Crippen LogP contribution >= 0.6 is 7.82 Å². The molecule has 9 heteroatoms. The second kappa shape index (κ2) is 37.7. The highest BCUT2D eigenvalue weighted by Gasteiger charge is 2.26. The summed E-state index contributed by atoms with van der Waals surface area (Å²) in [6.45, 7) is 4.93. The molecule has 0 heterocycles. The van der Waals surface area contributed by atoms with Crippen LogP contribution < -0.4 is 0 Å². The van der Waals surface area contributed by atoms with E-state index in [2.05, 4.69) is 26.0 Å². The summed E-state index contributed by atoms with van der Waals surface area (Å²) >= 11 is 0. The Labute approximate surface area is 328 Å². The Kier molecular flexibility index (Phi) is 36.9. The van der Waals surface area contributed by atoms with Crippen molar-refractivity contribution in [2.24, 2.45) is 0 Å². The zero-order valence-corrected chi connectivity index (χ0v) is 36.4. The van der Waals surface area contributed by atoms with Crippen molar-refractivity contribution < 1.29 is 37.3 Å². The Balaban J connectivity index is 4.28. The van der Waals surface area contributed by atoms with E-state index in [0.717, 1.165) is 44.9 Å². The smallest absolute Gasteiger partial charge is 0.472 e. The number of esters is 1. The number of hydrogen-bond acceptors (Lipinski definition) is 6. The van der Waals surface area contributed by atoms with Crippen LogP contribution in [0.4, 0.5) is 0 Å². The number of carbonyl (C=O) groups excluding carboxylic acids is 1. The molecule has 0 aromatic rings. The highest BCUT2D eigenvalue weighted by atomic mass is 31.2. The minimum absolute atomic E-state index is 0.0479. The monoisotopic (exact) mass is 773 g/mol. The molecule has 0 saturated carbocycles. The first kappa shape index (κ1) is 51.8. The van der Waals surface area contributed by atoms with Crippen molar-refractivity contribution in [3.05, 3.63) is 24.5 Å². The molecule has 53 heavy (non-hydrogen) atoms. The van der Waals surface area contributed by atoms with Crippen LogP contribution in [0.5, 0.6) is 0 Å². The van der Waals surface area contributed by atoms with E-state index >= 15 is 0 Å². The third-order valence-electron chi connectivity index (χ3n) is 9.58. The molecular weight excluding hydrogens is 685 g/mol. The number of phosphoric ester groups is 1. The van der Waals surface area contributed by atoms with Crippen LogP contribution in [0.2, 0.25) is 0 Å². The van der Waals surface area contributed by atoms with Crippen molar-refractivity contribution in [2.75, 3.05) is 47.5 Å². The van der Waals surface area contributed by atoms with Gasteiger partial charge in [0.2, 0.25) is 0 Å². The Morgan fingerprint density at radius 1 is 0.585 bits per heavy atom. The molecule has 0 spiro atoms. The molecule has 0 aliphatic rings. The molecule has 8 nitrogen and oxygen atoms in total. The third kappa shape index (κ3) is 41.8. The van der Waals surface area contributed by atoms with Gasteiger partial charge in [0.25, 0.3) is 0 Å². The van der Waals surface area contributed by atoms with Crippen molar-refractivity contribution in [1.82, 2.24) is 0 Å². The topological polar surface area (TPSA) is 91.3 Å². The normalized spacial score (nSPS) is 13.9. The molecule has 0 bridgehead atoms. The fourth-order valence-electron chi connectivity index (χ4n) is 6.10. The molecular formula is C44H87NO7P+. The van der Waals surface area contributed by atoms with E-state index in [1.807, 2.05) is 27.2 Å².